The van der Waals surface area contributed by atoms with Gasteiger partial charge >= 0.3 is 11.9 Å². The van der Waals surface area contributed by atoms with Crippen molar-refractivity contribution < 1.29 is 24.0 Å². The van der Waals surface area contributed by atoms with E-state index in [-0.39, 0.29) is 17.7 Å². The van der Waals surface area contributed by atoms with Gasteiger partial charge in [-0.1, -0.05) is 19.9 Å². The molecule has 23 heavy (non-hydrogen) atoms. The second-order valence-electron chi connectivity index (χ2n) is 4.61. The van der Waals surface area contributed by atoms with Gasteiger partial charge in [0.2, 0.25) is 0 Å². The predicted octanol–water partition coefficient (Wildman–Crippen LogP) is 1.88. The van der Waals surface area contributed by atoms with Crippen LogP contribution in [0.15, 0.2) is 18.2 Å². The minimum Gasteiger partial charge on any atom is -0.465 e. The van der Waals surface area contributed by atoms with E-state index < -0.39 is 22.5 Å². The Labute approximate surface area is 134 Å². The lowest BCUT2D eigenvalue weighted by Gasteiger charge is -2.17. The highest BCUT2D eigenvalue weighted by Crippen LogP contribution is 2.24. The first kappa shape index (κ1) is 18.6. The fourth-order valence-corrected chi connectivity index (χ4v) is 2.07. The monoisotopic (exact) mass is 324 g/mol. The third-order valence-electron chi connectivity index (χ3n) is 3.38. The number of nitro groups is 1. The summed E-state index contributed by atoms with van der Waals surface area (Å²) in [5, 5.41) is 11.1. The molecule has 8 nitrogen and oxygen atoms in total. The maximum atomic E-state index is 12.2. The molecular formula is C15H20N2O6. The third-order valence-corrected chi connectivity index (χ3v) is 3.38. The van der Waals surface area contributed by atoms with Crippen molar-refractivity contribution in [3.8, 4) is 0 Å². The summed E-state index contributed by atoms with van der Waals surface area (Å²) >= 11 is 0. The van der Waals surface area contributed by atoms with E-state index in [1.165, 1.54) is 12.1 Å². The molecule has 0 spiro atoms. The average Bonchev–Trinajstić information content (AvgIpc) is 2.57. The van der Waals surface area contributed by atoms with E-state index in [1.54, 1.807) is 0 Å². The summed E-state index contributed by atoms with van der Waals surface area (Å²) in [4.78, 5) is 36.4. The minimum atomic E-state index is -0.912. The van der Waals surface area contributed by atoms with Crippen LogP contribution in [0.25, 0.3) is 0 Å². The summed E-state index contributed by atoms with van der Waals surface area (Å²) in [6.45, 7) is 6.13. The molecule has 0 aliphatic rings. The van der Waals surface area contributed by atoms with Gasteiger partial charge in [-0.15, -0.1) is 0 Å². The van der Waals surface area contributed by atoms with E-state index in [0.717, 1.165) is 26.3 Å². The first-order valence-electron chi connectivity index (χ1n) is 7.21. The normalized spacial score (nSPS) is 10.4. The average molecular weight is 324 g/mol. The standard InChI is InChI=1S/C15H20N2O6/c1-4-16(5-2)9-10-23-15(19)13-11(14(18)22-3)7-6-8-12(13)17(20)21/h6-8H,4-5,9-10H2,1-3H3. The van der Waals surface area contributed by atoms with Gasteiger partial charge in [-0.3, -0.25) is 10.1 Å². The number of methoxy groups -OCH3 is 1. The molecule has 0 atom stereocenters. The Morgan fingerprint density at radius 2 is 1.87 bits per heavy atom. The van der Waals surface area contributed by atoms with Gasteiger partial charge in [0.05, 0.1) is 17.6 Å². The quantitative estimate of drug-likeness (QED) is 0.409. The zero-order chi connectivity index (χ0) is 17.4. The summed E-state index contributed by atoms with van der Waals surface area (Å²) in [7, 11) is 1.14. The Morgan fingerprint density at radius 1 is 1.22 bits per heavy atom. The number of rotatable bonds is 8. The number of benzene rings is 1. The maximum absolute atomic E-state index is 12.2. The zero-order valence-corrected chi connectivity index (χ0v) is 13.4. The van der Waals surface area contributed by atoms with Gasteiger partial charge in [0, 0.05) is 12.6 Å². The SMILES string of the molecule is CCN(CC)CCOC(=O)c1c(C(=O)OC)cccc1[N+](=O)[O-]. The van der Waals surface area contributed by atoms with Crippen molar-refractivity contribution in [2.75, 3.05) is 33.4 Å². The molecule has 0 amide bonds. The molecule has 0 saturated heterocycles. The molecule has 0 fully saturated rings. The van der Waals surface area contributed by atoms with Crippen molar-refractivity contribution in [1.29, 1.82) is 0 Å². The molecule has 0 aliphatic carbocycles. The van der Waals surface area contributed by atoms with Crippen molar-refractivity contribution in [2.45, 2.75) is 13.8 Å². The van der Waals surface area contributed by atoms with Crippen LogP contribution in [0.2, 0.25) is 0 Å². The molecule has 1 aromatic carbocycles. The van der Waals surface area contributed by atoms with E-state index >= 15 is 0 Å². The number of carbonyl (C=O) groups is 2. The van der Waals surface area contributed by atoms with Crippen molar-refractivity contribution in [3.63, 3.8) is 0 Å². The third kappa shape index (κ3) is 4.75. The lowest BCUT2D eigenvalue weighted by atomic mass is 10.1. The summed E-state index contributed by atoms with van der Waals surface area (Å²) in [5.41, 5.74) is -1.06. The lowest BCUT2D eigenvalue weighted by molar-refractivity contribution is -0.385. The number of hydrogen-bond acceptors (Lipinski definition) is 7. The van der Waals surface area contributed by atoms with E-state index in [9.17, 15) is 19.7 Å². The predicted molar refractivity (Wildman–Crippen MR) is 82.5 cm³/mol. The molecule has 1 aromatic rings. The van der Waals surface area contributed by atoms with Crippen LogP contribution < -0.4 is 0 Å². The maximum Gasteiger partial charge on any atom is 0.346 e. The van der Waals surface area contributed by atoms with E-state index in [1.807, 2.05) is 18.7 Å². The van der Waals surface area contributed by atoms with E-state index in [4.69, 9.17) is 4.74 Å². The van der Waals surface area contributed by atoms with E-state index in [2.05, 4.69) is 4.74 Å². The van der Waals surface area contributed by atoms with Crippen molar-refractivity contribution in [3.05, 3.63) is 39.4 Å². The second-order valence-corrected chi connectivity index (χ2v) is 4.61. The highest BCUT2D eigenvalue weighted by Gasteiger charge is 2.28. The Hall–Kier alpha value is -2.48. The minimum absolute atomic E-state index is 0.0766. The molecule has 0 heterocycles. The molecule has 0 bridgehead atoms. The molecule has 1 rings (SSSR count). The van der Waals surface area contributed by atoms with Crippen LogP contribution in [-0.4, -0.2) is 55.1 Å². The lowest BCUT2D eigenvalue weighted by Crippen LogP contribution is -2.28. The number of nitrogens with zero attached hydrogens (tertiary/aromatic N) is 2. The summed E-state index contributed by atoms with van der Waals surface area (Å²) in [5.74, 6) is -1.74. The molecule has 126 valence electrons. The number of esters is 2. The molecule has 0 unspecified atom stereocenters. The highest BCUT2D eigenvalue weighted by molar-refractivity contribution is 6.06. The fraction of sp³-hybridized carbons (Fsp3) is 0.467. The number of nitro benzene ring substituents is 1. The van der Waals surface area contributed by atoms with Crippen molar-refractivity contribution in [2.24, 2.45) is 0 Å². The van der Waals surface area contributed by atoms with E-state index in [0.29, 0.717) is 6.54 Å². The second kappa shape index (κ2) is 8.84. The van der Waals surface area contributed by atoms with Crippen LogP contribution in [0.4, 0.5) is 5.69 Å². The fourth-order valence-electron chi connectivity index (χ4n) is 2.07. The van der Waals surface area contributed by atoms with Crippen LogP contribution in [0.3, 0.4) is 0 Å². The van der Waals surface area contributed by atoms with Crippen LogP contribution in [0, 0.1) is 10.1 Å². The highest BCUT2D eigenvalue weighted by atomic mass is 16.6. The van der Waals surface area contributed by atoms with Crippen LogP contribution in [0.5, 0.6) is 0 Å². The number of ether oxygens (including phenoxy) is 2. The molecule has 0 radical (unpaired) electrons. The zero-order valence-electron chi connectivity index (χ0n) is 13.4. The van der Waals surface area contributed by atoms with Gasteiger partial charge in [0.25, 0.3) is 5.69 Å². The van der Waals surface area contributed by atoms with Gasteiger partial charge in [0.1, 0.15) is 6.61 Å². The first-order chi connectivity index (χ1) is 11.0. The topological polar surface area (TPSA) is 99.0 Å². The first-order valence-corrected chi connectivity index (χ1v) is 7.21. The van der Waals surface area contributed by atoms with Crippen LogP contribution in [-0.2, 0) is 9.47 Å². The Balaban J connectivity index is 3.01. The van der Waals surface area contributed by atoms with Gasteiger partial charge in [-0.2, -0.15) is 0 Å². The van der Waals surface area contributed by atoms with Gasteiger partial charge in [-0.05, 0) is 19.2 Å². The molecule has 0 N–H and O–H groups in total. The smallest absolute Gasteiger partial charge is 0.346 e. The van der Waals surface area contributed by atoms with Crippen molar-refractivity contribution >= 4 is 17.6 Å². The molecule has 0 aromatic heterocycles. The number of carbonyl (C=O) groups excluding carboxylic acids is 2. The number of likely N-dealkylation sites (N-methyl/N-ethyl adjacent to an activating group) is 1. The molecule has 0 aliphatic heterocycles. The Kier molecular flexibility index (Phi) is 7.14. The molecule has 0 saturated carbocycles. The summed E-state index contributed by atoms with van der Waals surface area (Å²) in [6.07, 6.45) is 0. The molecular weight excluding hydrogens is 304 g/mol. The summed E-state index contributed by atoms with van der Waals surface area (Å²) in [6, 6.07) is 3.75. The largest absolute Gasteiger partial charge is 0.465 e. The van der Waals surface area contributed by atoms with Gasteiger partial charge in [-0.25, -0.2) is 9.59 Å². The van der Waals surface area contributed by atoms with Crippen LogP contribution >= 0.6 is 0 Å². The van der Waals surface area contributed by atoms with Gasteiger partial charge < -0.3 is 14.4 Å². The Morgan fingerprint density at radius 3 is 2.39 bits per heavy atom. The number of hydrogen-bond donors (Lipinski definition) is 0. The Bertz CT molecular complexity index is 583. The van der Waals surface area contributed by atoms with Crippen LogP contribution in [0.1, 0.15) is 34.6 Å². The summed E-state index contributed by atoms with van der Waals surface area (Å²) < 4.78 is 9.66. The molecule has 8 heteroatoms. The van der Waals surface area contributed by atoms with Gasteiger partial charge in [0.15, 0.2) is 5.56 Å². The van der Waals surface area contributed by atoms with Crippen molar-refractivity contribution in [1.82, 2.24) is 4.90 Å².